The second kappa shape index (κ2) is 6.59. The summed E-state index contributed by atoms with van der Waals surface area (Å²) in [4.78, 5) is 15.8. The van der Waals surface area contributed by atoms with E-state index in [4.69, 9.17) is 27.9 Å². The number of carbonyl (C=O) groups is 1. The first-order valence-corrected chi connectivity index (χ1v) is 6.60. The van der Waals surface area contributed by atoms with Crippen molar-refractivity contribution in [1.29, 1.82) is 0 Å². The van der Waals surface area contributed by atoms with Crippen molar-refractivity contribution in [3.8, 4) is 5.75 Å². The van der Waals surface area contributed by atoms with Crippen LogP contribution in [0.2, 0.25) is 10.0 Å². The number of aromatic nitrogens is 1. The molecule has 0 aliphatic heterocycles. The number of amides is 1. The fourth-order valence-electron chi connectivity index (χ4n) is 1.56. The summed E-state index contributed by atoms with van der Waals surface area (Å²) >= 11 is 11.7. The zero-order chi connectivity index (χ0) is 14.5. The number of aryl methyl sites for hydroxylation is 1. The zero-order valence-electron chi connectivity index (χ0n) is 10.7. The van der Waals surface area contributed by atoms with Crippen LogP contribution in [0.15, 0.2) is 36.5 Å². The van der Waals surface area contributed by atoms with Crippen LogP contribution in [0.4, 0.5) is 5.69 Å². The second-order valence-corrected chi connectivity index (χ2v) is 4.94. The van der Waals surface area contributed by atoms with Crippen LogP contribution in [0.3, 0.4) is 0 Å². The van der Waals surface area contributed by atoms with E-state index in [9.17, 15) is 4.79 Å². The van der Waals surface area contributed by atoms with Crippen LogP contribution in [0, 0.1) is 6.92 Å². The molecule has 0 radical (unpaired) electrons. The molecule has 4 nitrogen and oxygen atoms in total. The molecule has 0 aliphatic carbocycles. The molecule has 0 saturated heterocycles. The third-order valence-electron chi connectivity index (χ3n) is 2.43. The average Bonchev–Trinajstić information content (AvgIpc) is 2.37. The van der Waals surface area contributed by atoms with Crippen molar-refractivity contribution in [3.05, 3.63) is 52.3 Å². The Morgan fingerprint density at radius 1 is 1.30 bits per heavy atom. The quantitative estimate of drug-likeness (QED) is 0.936. The Hall–Kier alpha value is -1.78. The van der Waals surface area contributed by atoms with Crippen LogP contribution in [0.5, 0.6) is 5.75 Å². The lowest BCUT2D eigenvalue weighted by Gasteiger charge is -2.09. The van der Waals surface area contributed by atoms with Gasteiger partial charge in [0, 0.05) is 22.6 Å². The monoisotopic (exact) mass is 310 g/mol. The maximum Gasteiger partial charge on any atom is 0.262 e. The summed E-state index contributed by atoms with van der Waals surface area (Å²) in [5, 5.41) is 3.59. The fourth-order valence-corrected chi connectivity index (χ4v) is 2.02. The summed E-state index contributed by atoms with van der Waals surface area (Å²) in [5.74, 6) is 0.138. The summed E-state index contributed by atoms with van der Waals surface area (Å²) < 4.78 is 5.34. The zero-order valence-corrected chi connectivity index (χ0v) is 12.2. The first kappa shape index (κ1) is 14.6. The number of benzene rings is 1. The smallest absolute Gasteiger partial charge is 0.262 e. The molecule has 6 heteroatoms. The van der Waals surface area contributed by atoms with Crippen molar-refractivity contribution in [2.24, 2.45) is 0 Å². The van der Waals surface area contributed by atoms with E-state index in [1.807, 2.05) is 6.92 Å². The van der Waals surface area contributed by atoms with Crippen LogP contribution < -0.4 is 10.1 Å². The molecule has 0 fully saturated rings. The molecule has 0 aliphatic rings. The van der Waals surface area contributed by atoms with Crippen molar-refractivity contribution in [2.75, 3.05) is 11.9 Å². The SMILES string of the molecule is Cc1cc(NC(=O)COc2ccc(Cl)cc2Cl)ccn1. The van der Waals surface area contributed by atoms with Gasteiger partial charge < -0.3 is 10.1 Å². The van der Waals surface area contributed by atoms with Crippen LogP contribution >= 0.6 is 23.2 Å². The Bertz CT molecular complexity index is 632. The largest absolute Gasteiger partial charge is 0.482 e. The molecule has 1 amide bonds. The lowest BCUT2D eigenvalue weighted by atomic mass is 10.3. The maximum atomic E-state index is 11.7. The number of carbonyl (C=O) groups excluding carboxylic acids is 1. The van der Waals surface area contributed by atoms with E-state index in [0.29, 0.717) is 21.5 Å². The van der Waals surface area contributed by atoms with E-state index in [2.05, 4.69) is 10.3 Å². The van der Waals surface area contributed by atoms with E-state index in [0.717, 1.165) is 5.69 Å². The first-order valence-electron chi connectivity index (χ1n) is 5.85. The van der Waals surface area contributed by atoms with E-state index in [1.54, 1.807) is 36.5 Å². The number of anilines is 1. The fraction of sp³-hybridized carbons (Fsp3) is 0.143. The number of ether oxygens (including phenoxy) is 1. The Morgan fingerprint density at radius 2 is 2.10 bits per heavy atom. The maximum absolute atomic E-state index is 11.7. The standard InChI is InChI=1S/C14H12Cl2N2O2/c1-9-6-11(4-5-17-9)18-14(19)8-20-13-3-2-10(15)7-12(13)16/h2-7H,8H2,1H3,(H,17,18,19). The first-order chi connectivity index (χ1) is 9.54. The van der Waals surface area contributed by atoms with E-state index in [1.165, 1.54) is 0 Å². The van der Waals surface area contributed by atoms with Crippen LogP contribution in [-0.2, 0) is 4.79 Å². The molecule has 1 N–H and O–H groups in total. The number of nitrogens with one attached hydrogen (secondary N) is 1. The number of hydrogen-bond acceptors (Lipinski definition) is 3. The van der Waals surface area contributed by atoms with Crippen molar-refractivity contribution in [2.45, 2.75) is 6.92 Å². The van der Waals surface area contributed by atoms with E-state index in [-0.39, 0.29) is 12.5 Å². The van der Waals surface area contributed by atoms with Gasteiger partial charge in [0.2, 0.25) is 0 Å². The topological polar surface area (TPSA) is 51.2 Å². The Kier molecular flexibility index (Phi) is 4.82. The molecule has 0 unspecified atom stereocenters. The lowest BCUT2D eigenvalue weighted by Crippen LogP contribution is -2.20. The molecule has 2 rings (SSSR count). The minimum absolute atomic E-state index is 0.136. The highest BCUT2D eigenvalue weighted by Crippen LogP contribution is 2.27. The van der Waals surface area contributed by atoms with Gasteiger partial charge in [0.05, 0.1) is 5.02 Å². The third kappa shape index (κ3) is 4.11. The van der Waals surface area contributed by atoms with Crippen LogP contribution in [-0.4, -0.2) is 17.5 Å². The van der Waals surface area contributed by atoms with Crippen molar-refractivity contribution >= 4 is 34.8 Å². The predicted molar refractivity (Wildman–Crippen MR) is 79.6 cm³/mol. The molecule has 20 heavy (non-hydrogen) atoms. The molecule has 104 valence electrons. The molecule has 0 atom stereocenters. The van der Waals surface area contributed by atoms with Gasteiger partial charge in [-0.25, -0.2) is 0 Å². The molecule has 0 spiro atoms. The summed E-state index contributed by atoms with van der Waals surface area (Å²) in [6, 6.07) is 8.30. The summed E-state index contributed by atoms with van der Waals surface area (Å²) in [6.07, 6.45) is 1.63. The van der Waals surface area contributed by atoms with Crippen LogP contribution in [0.1, 0.15) is 5.69 Å². The van der Waals surface area contributed by atoms with Crippen LogP contribution in [0.25, 0.3) is 0 Å². The summed E-state index contributed by atoms with van der Waals surface area (Å²) in [5.41, 5.74) is 1.50. The number of rotatable bonds is 4. The van der Waals surface area contributed by atoms with Gasteiger partial charge in [-0.3, -0.25) is 9.78 Å². The van der Waals surface area contributed by atoms with Gasteiger partial charge in [-0.15, -0.1) is 0 Å². The molecule has 2 aromatic rings. The molecule has 1 heterocycles. The Morgan fingerprint density at radius 3 is 2.80 bits per heavy atom. The van der Waals surface area contributed by atoms with Gasteiger partial charge in [0.25, 0.3) is 5.91 Å². The highest BCUT2D eigenvalue weighted by molar-refractivity contribution is 6.35. The molecular weight excluding hydrogens is 299 g/mol. The number of halogens is 2. The second-order valence-electron chi connectivity index (χ2n) is 4.10. The molecule has 1 aromatic heterocycles. The minimum atomic E-state index is -0.276. The highest BCUT2D eigenvalue weighted by Gasteiger charge is 2.07. The summed E-state index contributed by atoms with van der Waals surface area (Å²) in [7, 11) is 0. The molecule has 0 saturated carbocycles. The van der Waals surface area contributed by atoms with Gasteiger partial charge in [-0.2, -0.15) is 0 Å². The lowest BCUT2D eigenvalue weighted by molar-refractivity contribution is -0.118. The third-order valence-corrected chi connectivity index (χ3v) is 2.96. The van der Waals surface area contributed by atoms with E-state index < -0.39 is 0 Å². The van der Waals surface area contributed by atoms with Gasteiger partial charge in [0.15, 0.2) is 6.61 Å². The van der Waals surface area contributed by atoms with Crippen molar-refractivity contribution in [3.63, 3.8) is 0 Å². The molecular formula is C14H12Cl2N2O2. The minimum Gasteiger partial charge on any atom is -0.482 e. The predicted octanol–water partition coefficient (Wildman–Crippen LogP) is 3.71. The molecule has 1 aromatic carbocycles. The van der Waals surface area contributed by atoms with Gasteiger partial charge in [-0.1, -0.05) is 23.2 Å². The Labute approximate surface area is 126 Å². The number of nitrogens with zero attached hydrogens (tertiary/aromatic N) is 1. The normalized spacial score (nSPS) is 10.2. The highest BCUT2D eigenvalue weighted by atomic mass is 35.5. The van der Waals surface area contributed by atoms with Crippen molar-refractivity contribution in [1.82, 2.24) is 4.98 Å². The van der Waals surface area contributed by atoms with Crippen molar-refractivity contribution < 1.29 is 9.53 Å². The van der Waals surface area contributed by atoms with E-state index >= 15 is 0 Å². The number of hydrogen-bond donors (Lipinski definition) is 1. The van der Waals surface area contributed by atoms with Gasteiger partial charge in [-0.05, 0) is 37.3 Å². The summed E-state index contributed by atoms with van der Waals surface area (Å²) in [6.45, 7) is 1.71. The van der Waals surface area contributed by atoms with Gasteiger partial charge in [0.1, 0.15) is 5.75 Å². The number of pyridine rings is 1. The average molecular weight is 311 g/mol. The van der Waals surface area contributed by atoms with Gasteiger partial charge >= 0.3 is 0 Å². The Balaban J connectivity index is 1.92. The molecule has 0 bridgehead atoms.